The van der Waals surface area contributed by atoms with Crippen molar-refractivity contribution in [3.63, 3.8) is 0 Å². The van der Waals surface area contributed by atoms with Crippen LogP contribution in [-0.2, 0) is 16.6 Å². The minimum atomic E-state index is 0.337. The van der Waals surface area contributed by atoms with E-state index in [1.807, 2.05) is 0 Å². The van der Waals surface area contributed by atoms with Crippen LogP contribution in [-0.4, -0.2) is 6.29 Å². The SMILES string of the molecule is C/C(=C\c1ccc2c(c1)CCC2(C)C)CCC=O. The van der Waals surface area contributed by atoms with Gasteiger partial charge in [-0.1, -0.05) is 43.7 Å². The Balaban J connectivity index is 2.20. The highest BCUT2D eigenvalue weighted by atomic mass is 16.1. The molecule has 0 aliphatic heterocycles. The third-order valence-corrected chi connectivity index (χ3v) is 3.95. The number of fused-ring (bicyclic) bond motifs is 1. The van der Waals surface area contributed by atoms with Gasteiger partial charge in [-0.2, -0.15) is 0 Å². The molecule has 0 unspecified atom stereocenters. The lowest BCUT2D eigenvalue weighted by molar-refractivity contribution is -0.107. The minimum Gasteiger partial charge on any atom is -0.303 e. The van der Waals surface area contributed by atoms with E-state index in [9.17, 15) is 4.79 Å². The van der Waals surface area contributed by atoms with Crippen LogP contribution in [0, 0.1) is 0 Å². The van der Waals surface area contributed by atoms with Crippen molar-refractivity contribution in [1.82, 2.24) is 0 Å². The molecule has 1 aliphatic carbocycles. The maximum Gasteiger partial charge on any atom is 0.120 e. The van der Waals surface area contributed by atoms with E-state index in [0.717, 1.165) is 12.7 Å². The first kappa shape index (κ1) is 13.1. The average molecular weight is 242 g/mol. The van der Waals surface area contributed by atoms with Crippen LogP contribution in [0.25, 0.3) is 6.08 Å². The summed E-state index contributed by atoms with van der Waals surface area (Å²) in [6.45, 7) is 6.74. The van der Waals surface area contributed by atoms with E-state index in [2.05, 4.69) is 45.0 Å². The van der Waals surface area contributed by atoms with Crippen LogP contribution in [0.3, 0.4) is 0 Å². The number of carbonyl (C=O) groups is 1. The number of benzene rings is 1. The number of hydrogen-bond acceptors (Lipinski definition) is 1. The van der Waals surface area contributed by atoms with Crippen molar-refractivity contribution in [2.24, 2.45) is 0 Å². The maximum atomic E-state index is 10.4. The molecule has 96 valence electrons. The van der Waals surface area contributed by atoms with E-state index < -0.39 is 0 Å². The second-order valence-electron chi connectivity index (χ2n) is 6.00. The zero-order valence-corrected chi connectivity index (χ0v) is 11.6. The Bertz CT molecular complexity index is 480. The fraction of sp³-hybridized carbons (Fsp3) is 0.471. The maximum absolute atomic E-state index is 10.4. The van der Waals surface area contributed by atoms with Crippen molar-refractivity contribution in [1.29, 1.82) is 0 Å². The summed E-state index contributed by atoms with van der Waals surface area (Å²) in [7, 11) is 0. The van der Waals surface area contributed by atoms with Gasteiger partial charge in [0.1, 0.15) is 6.29 Å². The van der Waals surface area contributed by atoms with Crippen LogP contribution >= 0.6 is 0 Å². The van der Waals surface area contributed by atoms with Gasteiger partial charge >= 0.3 is 0 Å². The molecule has 0 saturated carbocycles. The first-order chi connectivity index (χ1) is 8.53. The smallest absolute Gasteiger partial charge is 0.120 e. The van der Waals surface area contributed by atoms with Crippen molar-refractivity contribution in [3.8, 4) is 0 Å². The van der Waals surface area contributed by atoms with Gasteiger partial charge in [0.05, 0.1) is 0 Å². The Morgan fingerprint density at radius 2 is 2.17 bits per heavy atom. The van der Waals surface area contributed by atoms with Gasteiger partial charge in [0.2, 0.25) is 0 Å². The Morgan fingerprint density at radius 1 is 1.39 bits per heavy atom. The van der Waals surface area contributed by atoms with Crippen LogP contribution in [0.1, 0.15) is 56.7 Å². The molecule has 18 heavy (non-hydrogen) atoms. The largest absolute Gasteiger partial charge is 0.303 e. The lowest BCUT2D eigenvalue weighted by Gasteiger charge is -2.18. The van der Waals surface area contributed by atoms with Crippen LogP contribution in [0.5, 0.6) is 0 Å². The predicted octanol–water partition coefficient (Wildman–Crippen LogP) is 4.29. The van der Waals surface area contributed by atoms with E-state index in [4.69, 9.17) is 0 Å². The van der Waals surface area contributed by atoms with E-state index in [1.165, 1.54) is 35.1 Å². The van der Waals surface area contributed by atoms with Gasteiger partial charge in [-0.15, -0.1) is 0 Å². The molecule has 0 amide bonds. The molecule has 0 bridgehead atoms. The summed E-state index contributed by atoms with van der Waals surface area (Å²) in [6, 6.07) is 6.80. The second kappa shape index (κ2) is 5.09. The molecule has 0 saturated heterocycles. The van der Waals surface area contributed by atoms with E-state index in [0.29, 0.717) is 11.8 Å². The summed E-state index contributed by atoms with van der Waals surface area (Å²) < 4.78 is 0. The number of carbonyl (C=O) groups excluding carboxylic acids is 1. The molecule has 0 aromatic heterocycles. The van der Waals surface area contributed by atoms with Crippen molar-refractivity contribution in [2.45, 2.75) is 51.9 Å². The number of rotatable bonds is 4. The van der Waals surface area contributed by atoms with Gasteiger partial charge in [0.25, 0.3) is 0 Å². The number of aldehydes is 1. The van der Waals surface area contributed by atoms with Crippen molar-refractivity contribution in [2.75, 3.05) is 0 Å². The summed E-state index contributed by atoms with van der Waals surface area (Å²) in [4.78, 5) is 10.4. The summed E-state index contributed by atoms with van der Waals surface area (Å²) in [5, 5.41) is 0. The summed E-state index contributed by atoms with van der Waals surface area (Å²) in [5.74, 6) is 0. The monoisotopic (exact) mass is 242 g/mol. The fourth-order valence-electron chi connectivity index (χ4n) is 2.80. The molecule has 2 rings (SSSR count). The number of aryl methyl sites for hydroxylation is 1. The molecule has 1 heteroatoms. The molecule has 1 nitrogen and oxygen atoms in total. The van der Waals surface area contributed by atoms with Crippen LogP contribution in [0.4, 0.5) is 0 Å². The predicted molar refractivity (Wildman–Crippen MR) is 76.7 cm³/mol. The Labute approximate surface area is 110 Å². The third-order valence-electron chi connectivity index (χ3n) is 3.95. The van der Waals surface area contributed by atoms with Crippen molar-refractivity contribution in [3.05, 3.63) is 40.5 Å². The number of allylic oxidation sites excluding steroid dienone is 1. The van der Waals surface area contributed by atoms with Gasteiger partial charge < -0.3 is 4.79 Å². The molecule has 0 spiro atoms. The second-order valence-corrected chi connectivity index (χ2v) is 6.00. The summed E-state index contributed by atoms with van der Waals surface area (Å²) >= 11 is 0. The Hall–Kier alpha value is -1.37. The molecule has 1 aliphatic rings. The first-order valence-corrected chi connectivity index (χ1v) is 6.77. The van der Waals surface area contributed by atoms with E-state index >= 15 is 0 Å². The first-order valence-electron chi connectivity index (χ1n) is 6.77. The summed E-state index contributed by atoms with van der Waals surface area (Å²) in [5.41, 5.74) is 5.89. The summed E-state index contributed by atoms with van der Waals surface area (Å²) in [6.07, 6.45) is 7.13. The molecular weight excluding hydrogens is 220 g/mol. The molecule has 1 aromatic carbocycles. The minimum absolute atomic E-state index is 0.337. The number of hydrogen-bond donors (Lipinski definition) is 0. The molecular formula is C17H22O. The molecule has 1 aromatic rings. The molecule has 0 radical (unpaired) electrons. The standard InChI is InChI=1S/C17H22O/c1-13(5-4-10-18)11-14-6-7-16-15(12-14)8-9-17(16,2)3/h6-7,10-12H,4-5,8-9H2,1-3H3/b13-11+. The molecule has 0 fully saturated rings. The molecule has 0 heterocycles. The van der Waals surface area contributed by atoms with Crippen LogP contribution in [0.15, 0.2) is 23.8 Å². The fourth-order valence-corrected chi connectivity index (χ4v) is 2.80. The highest BCUT2D eigenvalue weighted by Crippen LogP contribution is 2.38. The van der Waals surface area contributed by atoms with Gasteiger partial charge in [0.15, 0.2) is 0 Å². The van der Waals surface area contributed by atoms with Gasteiger partial charge in [0, 0.05) is 6.42 Å². The molecule has 0 atom stereocenters. The lowest BCUT2D eigenvalue weighted by Crippen LogP contribution is -2.11. The van der Waals surface area contributed by atoms with Crippen LogP contribution in [0.2, 0.25) is 0 Å². The van der Waals surface area contributed by atoms with Gasteiger partial charge in [-0.05, 0) is 48.3 Å². The lowest BCUT2D eigenvalue weighted by atomic mass is 9.86. The average Bonchev–Trinajstić information content (AvgIpc) is 2.62. The topological polar surface area (TPSA) is 17.1 Å². The van der Waals surface area contributed by atoms with Gasteiger partial charge in [-0.25, -0.2) is 0 Å². The van der Waals surface area contributed by atoms with Crippen LogP contribution < -0.4 is 0 Å². The van der Waals surface area contributed by atoms with E-state index in [1.54, 1.807) is 0 Å². The zero-order valence-electron chi connectivity index (χ0n) is 11.6. The highest BCUT2D eigenvalue weighted by molar-refractivity contribution is 5.57. The van der Waals surface area contributed by atoms with E-state index in [-0.39, 0.29) is 0 Å². The Kier molecular flexibility index (Phi) is 3.70. The highest BCUT2D eigenvalue weighted by Gasteiger charge is 2.29. The van der Waals surface area contributed by atoms with Gasteiger partial charge in [-0.3, -0.25) is 0 Å². The third kappa shape index (κ3) is 2.72. The Morgan fingerprint density at radius 3 is 2.89 bits per heavy atom. The quantitative estimate of drug-likeness (QED) is 0.720. The normalized spacial score (nSPS) is 17.6. The van der Waals surface area contributed by atoms with Crippen molar-refractivity contribution < 1.29 is 4.79 Å². The zero-order chi connectivity index (χ0) is 13.2. The van der Waals surface area contributed by atoms with Crippen molar-refractivity contribution >= 4 is 12.4 Å². The molecule has 0 N–H and O–H groups in total.